The average Bonchev–Trinajstić information content (AvgIpc) is 3.01. The minimum Gasteiger partial charge on any atom is -0.490 e. The molecule has 1 aliphatic rings. The third-order valence-electron chi connectivity index (χ3n) is 3.71. The summed E-state index contributed by atoms with van der Waals surface area (Å²) in [5, 5.41) is 12.1. The van der Waals surface area contributed by atoms with E-state index in [-0.39, 0.29) is 17.0 Å². The summed E-state index contributed by atoms with van der Waals surface area (Å²) < 4.78 is 7.39. The Labute approximate surface area is 148 Å². The van der Waals surface area contributed by atoms with Gasteiger partial charge >= 0.3 is 5.97 Å². The summed E-state index contributed by atoms with van der Waals surface area (Å²) in [7, 11) is 0. The summed E-state index contributed by atoms with van der Waals surface area (Å²) in [6.07, 6.45) is 7.21. The van der Waals surface area contributed by atoms with Crippen molar-refractivity contribution in [2.24, 2.45) is 0 Å². The summed E-state index contributed by atoms with van der Waals surface area (Å²) in [6, 6.07) is 3.58. The van der Waals surface area contributed by atoms with E-state index >= 15 is 0 Å². The summed E-state index contributed by atoms with van der Waals surface area (Å²) in [4.78, 5) is 28.1. The van der Waals surface area contributed by atoms with Crippen LogP contribution in [-0.4, -0.2) is 39.2 Å². The Morgan fingerprint density at radius 1 is 1.40 bits per heavy atom. The molecular formula is C17H16ClN3O4. The molecule has 3 rings (SSSR count). The normalized spacial score (nSPS) is 19.1. The van der Waals surface area contributed by atoms with Gasteiger partial charge in [0, 0.05) is 19.2 Å². The number of aliphatic carboxylic acids is 1. The molecular weight excluding hydrogens is 346 g/mol. The largest absolute Gasteiger partial charge is 0.490 e. The summed E-state index contributed by atoms with van der Waals surface area (Å²) in [6.45, 7) is 0.925. The zero-order valence-corrected chi connectivity index (χ0v) is 13.9. The van der Waals surface area contributed by atoms with Crippen LogP contribution in [0.1, 0.15) is 16.1 Å². The van der Waals surface area contributed by atoms with Gasteiger partial charge in [-0.3, -0.25) is 4.79 Å². The molecule has 0 aliphatic carbocycles. The van der Waals surface area contributed by atoms with Crippen molar-refractivity contribution in [3.05, 3.63) is 59.2 Å². The molecule has 2 aromatic rings. The van der Waals surface area contributed by atoms with E-state index in [1.807, 2.05) is 16.7 Å². The van der Waals surface area contributed by atoms with Gasteiger partial charge in [0.05, 0.1) is 22.6 Å². The molecule has 0 saturated heterocycles. The number of hydrogen-bond acceptors (Lipinski definition) is 4. The molecule has 0 spiro atoms. The lowest BCUT2D eigenvalue weighted by molar-refractivity contribution is -0.139. The van der Waals surface area contributed by atoms with E-state index in [1.165, 1.54) is 6.07 Å². The van der Waals surface area contributed by atoms with E-state index in [2.05, 4.69) is 10.3 Å². The molecule has 4 bridgehead atoms. The number of ether oxygens (including phenoxy) is 1. The molecule has 25 heavy (non-hydrogen) atoms. The SMILES string of the molecule is O=C1N[C@H](C(=O)O)Cc2cn(cn2)C/C=C/COc2ccc(Cl)c1c2. The van der Waals surface area contributed by atoms with Crippen LogP contribution < -0.4 is 10.1 Å². The van der Waals surface area contributed by atoms with Crippen LogP contribution in [0.4, 0.5) is 0 Å². The molecule has 1 amide bonds. The van der Waals surface area contributed by atoms with Gasteiger partial charge in [-0.05, 0) is 24.3 Å². The number of carbonyl (C=O) groups is 2. The topological polar surface area (TPSA) is 93.5 Å². The molecule has 1 atom stereocenters. The molecule has 0 unspecified atom stereocenters. The number of nitrogens with one attached hydrogen (secondary N) is 1. The molecule has 7 nitrogen and oxygen atoms in total. The molecule has 1 aromatic carbocycles. The van der Waals surface area contributed by atoms with E-state index in [0.717, 1.165) is 0 Å². The van der Waals surface area contributed by atoms with Crippen molar-refractivity contribution in [2.75, 3.05) is 6.61 Å². The van der Waals surface area contributed by atoms with Crippen molar-refractivity contribution in [2.45, 2.75) is 19.0 Å². The second-order valence-corrected chi connectivity index (χ2v) is 5.96. The van der Waals surface area contributed by atoms with Gasteiger partial charge in [0.1, 0.15) is 18.4 Å². The fourth-order valence-electron chi connectivity index (χ4n) is 2.43. The monoisotopic (exact) mass is 361 g/mol. The second-order valence-electron chi connectivity index (χ2n) is 5.55. The number of nitrogens with zero attached hydrogens (tertiary/aromatic N) is 2. The van der Waals surface area contributed by atoms with Crippen molar-refractivity contribution >= 4 is 23.5 Å². The Hall–Kier alpha value is -2.80. The van der Waals surface area contributed by atoms with Crippen LogP contribution in [0.5, 0.6) is 5.75 Å². The number of benzene rings is 1. The molecule has 2 N–H and O–H groups in total. The third kappa shape index (κ3) is 4.19. The number of amides is 1. The lowest BCUT2D eigenvalue weighted by Crippen LogP contribution is -2.42. The van der Waals surface area contributed by atoms with Crippen molar-refractivity contribution in [3.8, 4) is 5.75 Å². The highest BCUT2D eigenvalue weighted by atomic mass is 35.5. The van der Waals surface area contributed by atoms with E-state index in [1.54, 1.807) is 24.7 Å². The van der Waals surface area contributed by atoms with Crippen molar-refractivity contribution < 1.29 is 19.4 Å². The lowest BCUT2D eigenvalue weighted by atomic mass is 10.1. The van der Waals surface area contributed by atoms with Crippen LogP contribution >= 0.6 is 11.6 Å². The Kier molecular flexibility index (Phi) is 5.04. The zero-order chi connectivity index (χ0) is 17.8. The maximum Gasteiger partial charge on any atom is 0.326 e. The number of rotatable bonds is 1. The van der Waals surface area contributed by atoms with Gasteiger partial charge in [-0.1, -0.05) is 17.7 Å². The minimum atomic E-state index is -1.14. The first-order valence-electron chi connectivity index (χ1n) is 7.64. The summed E-state index contributed by atoms with van der Waals surface area (Å²) in [5.74, 6) is -1.24. The van der Waals surface area contributed by atoms with Gasteiger partial charge in [0.25, 0.3) is 5.91 Å². The fraction of sp³-hybridized carbons (Fsp3) is 0.235. The predicted octanol–water partition coefficient (Wildman–Crippen LogP) is 1.91. The van der Waals surface area contributed by atoms with Gasteiger partial charge in [-0.25, -0.2) is 9.78 Å². The smallest absolute Gasteiger partial charge is 0.326 e. The first-order valence-corrected chi connectivity index (χ1v) is 8.02. The average molecular weight is 362 g/mol. The quantitative estimate of drug-likeness (QED) is 0.757. The van der Waals surface area contributed by atoms with Gasteiger partial charge in [-0.2, -0.15) is 0 Å². The Bertz CT molecular complexity index is 831. The highest BCUT2D eigenvalue weighted by Gasteiger charge is 2.23. The standard InChI is InChI=1S/C17H16ClN3O4/c18-14-4-3-12-8-13(14)16(22)20-15(17(23)24)7-11-9-21(10-19-11)5-1-2-6-25-12/h1-4,8-10,15H,5-7H2,(H,20,22)(H,23,24)/b2-1+/t15-/m0/s1. The molecule has 1 aromatic heterocycles. The minimum absolute atomic E-state index is 0.0750. The third-order valence-corrected chi connectivity index (χ3v) is 4.04. The highest BCUT2D eigenvalue weighted by molar-refractivity contribution is 6.34. The molecule has 0 saturated carbocycles. The molecule has 0 fully saturated rings. The number of imidazole rings is 1. The molecule has 8 heteroatoms. The maximum absolute atomic E-state index is 12.5. The van der Waals surface area contributed by atoms with E-state index in [4.69, 9.17) is 16.3 Å². The van der Waals surface area contributed by atoms with Crippen LogP contribution in [0.2, 0.25) is 5.02 Å². The number of hydrogen-bond donors (Lipinski definition) is 2. The lowest BCUT2D eigenvalue weighted by Gasteiger charge is -2.14. The maximum atomic E-state index is 12.5. The zero-order valence-electron chi connectivity index (χ0n) is 13.2. The Morgan fingerprint density at radius 2 is 2.24 bits per heavy atom. The van der Waals surface area contributed by atoms with Crippen molar-refractivity contribution in [1.82, 2.24) is 14.9 Å². The number of carboxylic acids is 1. The van der Waals surface area contributed by atoms with Gasteiger partial charge in [0.15, 0.2) is 0 Å². The number of halogens is 1. The summed E-state index contributed by atoms with van der Waals surface area (Å²) in [5.41, 5.74) is 0.738. The Balaban J connectivity index is 1.94. The summed E-state index contributed by atoms with van der Waals surface area (Å²) >= 11 is 6.07. The van der Waals surface area contributed by atoms with E-state index in [9.17, 15) is 14.7 Å². The fourth-order valence-corrected chi connectivity index (χ4v) is 2.64. The number of aromatic nitrogens is 2. The second kappa shape index (κ2) is 7.40. The molecule has 0 radical (unpaired) electrons. The van der Waals surface area contributed by atoms with Crippen LogP contribution in [-0.2, 0) is 17.8 Å². The van der Waals surface area contributed by atoms with Gasteiger partial charge in [0.2, 0.25) is 0 Å². The number of allylic oxidation sites excluding steroid dienone is 1. The van der Waals surface area contributed by atoms with Crippen LogP contribution in [0.15, 0.2) is 42.9 Å². The van der Waals surface area contributed by atoms with Crippen LogP contribution in [0.3, 0.4) is 0 Å². The Morgan fingerprint density at radius 3 is 3.04 bits per heavy atom. The highest BCUT2D eigenvalue weighted by Crippen LogP contribution is 2.22. The van der Waals surface area contributed by atoms with Gasteiger partial charge < -0.3 is 19.7 Å². The van der Waals surface area contributed by atoms with Crippen LogP contribution in [0, 0.1) is 0 Å². The van der Waals surface area contributed by atoms with Gasteiger partial charge in [-0.15, -0.1) is 0 Å². The molecule has 1 aliphatic heterocycles. The number of carboxylic acid groups (broad SMARTS) is 1. The van der Waals surface area contributed by atoms with Crippen LogP contribution in [0.25, 0.3) is 0 Å². The van der Waals surface area contributed by atoms with E-state index < -0.39 is 17.9 Å². The number of carbonyl (C=O) groups excluding carboxylic acids is 1. The first-order chi connectivity index (χ1) is 12.0. The number of fused-ring (bicyclic) bond motifs is 4. The first kappa shape index (κ1) is 17.0. The molecule has 2 heterocycles. The predicted molar refractivity (Wildman–Crippen MR) is 90.9 cm³/mol. The van der Waals surface area contributed by atoms with Crippen molar-refractivity contribution in [1.29, 1.82) is 0 Å². The molecule has 130 valence electrons. The van der Waals surface area contributed by atoms with E-state index in [0.29, 0.717) is 24.6 Å². The van der Waals surface area contributed by atoms with Crippen molar-refractivity contribution in [3.63, 3.8) is 0 Å².